The fourth-order valence-electron chi connectivity index (χ4n) is 2.53. The van der Waals surface area contributed by atoms with E-state index in [9.17, 15) is 9.59 Å². The number of amides is 1. The molecule has 0 bridgehead atoms. The van der Waals surface area contributed by atoms with E-state index in [1.807, 2.05) is 6.07 Å². The molecule has 3 rings (SSSR count). The number of carbonyl (C=O) groups excluding carboxylic acids is 2. The molecule has 1 heterocycles. The number of ether oxygens (including phenoxy) is 3. The fourth-order valence-corrected chi connectivity index (χ4v) is 2.53. The first kappa shape index (κ1) is 16.8. The highest BCUT2D eigenvalue weighted by Gasteiger charge is 2.17. The summed E-state index contributed by atoms with van der Waals surface area (Å²) in [6.45, 7) is 0.960. The molecule has 25 heavy (non-hydrogen) atoms. The first-order valence-corrected chi connectivity index (χ1v) is 8.07. The molecule has 2 aromatic rings. The van der Waals surface area contributed by atoms with Gasteiger partial charge in [0, 0.05) is 0 Å². The van der Waals surface area contributed by atoms with Gasteiger partial charge in [-0.2, -0.15) is 0 Å². The lowest BCUT2D eigenvalue weighted by Crippen LogP contribution is -2.16. The van der Waals surface area contributed by atoms with Gasteiger partial charge in [-0.3, -0.25) is 4.79 Å². The van der Waals surface area contributed by atoms with Crippen molar-refractivity contribution < 1.29 is 23.8 Å². The van der Waals surface area contributed by atoms with E-state index in [2.05, 4.69) is 5.32 Å². The number of methoxy groups -OCH3 is 1. The summed E-state index contributed by atoms with van der Waals surface area (Å²) in [5.74, 6) is 0.235. The van der Waals surface area contributed by atoms with Crippen LogP contribution in [0, 0.1) is 0 Å². The largest absolute Gasteiger partial charge is 0.493 e. The molecule has 0 aliphatic carbocycles. The fraction of sp³-hybridized carbons (Fsp3) is 0.263. The number of hydrogen-bond donors (Lipinski definition) is 1. The Morgan fingerprint density at radius 2 is 1.76 bits per heavy atom. The Kier molecular flexibility index (Phi) is 5.18. The van der Waals surface area contributed by atoms with Crippen LogP contribution >= 0.6 is 0 Å². The number of para-hydroxylation sites is 1. The molecule has 1 N–H and O–H groups in total. The molecule has 0 saturated heterocycles. The molecule has 0 saturated carbocycles. The highest BCUT2D eigenvalue weighted by Crippen LogP contribution is 2.29. The molecule has 6 heteroatoms. The maximum atomic E-state index is 12.6. The van der Waals surface area contributed by atoms with E-state index < -0.39 is 5.97 Å². The van der Waals surface area contributed by atoms with Gasteiger partial charge in [0.15, 0.2) is 0 Å². The van der Waals surface area contributed by atoms with Crippen LogP contribution in [0.15, 0.2) is 42.5 Å². The minimum absolute atomic E-state index is 0.299. The Morgan fingerprint density at radius 1 is 1.04 bits per heavy atom. The average molecular weight is 341 g/mol. The van der Waals surface area contributed by atoms with Crippen LogP contribution in [0.4, 0.5) is 5.69 Å². The number of hydrogen-bond acceptors (Lipinski definition) is 5. The molecule has 0 aromatic heterocycles. The Bertz CT molecular complexity index is 787. The highest BCUT2D eigenvalue weighted by molar-refractivity contribution is 6.07. The zero-order valence-corrected chi connectivity index (χ0v) is 13.9. The quantitative estimate of drug-likeness (QED) is 0.806. The second kappa shape index (κ2) is 7.70. The van der Waals surface area contributed by atoms with Gasteiger partial charge in [-0.15, -0.1) is 0 Å². The molecule has 0 unspecified atom stereocenters. The number of benzene rings is 2. The van der Waals surface area contributed by atoms with Crippen LogP contribution in [-0.2, 0) is 4.74 Å². The van der Waals surface area contributed by atoms with Crippen LogP contribution in [0.2, 0.25) is 0 Å². The summed E-state index contributed by atoms with van der Waals surface area (Å²) in [7, 11) is 1.32. The van der Waals surface area contributed by atoms with Gasteiger partial charge < -0.3 is 19.5 Å². The molecule has 130 valence electrons. The number of esters is 1. The van der Waals surface area contributed by atoms with Gasteiger partial charge in [0.1, 0.15) is 11.5 Å². The number of fused-ring (bicyclic) bond motifs is 2. The second-order valence-electron chi connectivity index (χ2n) is 5.56. The standard InChI is InChI=1S/C19H19NO5/c1-23-19(22)13-8-9-15-17(12-13)25-11-5-4-10-24-16-7-3-2-6-14(16)18(21)20-15/h2-3,6-9,12H,4-5,10-11H2,1H3,(H,20,21). The molecule has 0 radical (unpaired) electrons. The van der Waals surface area contributed by atoms with Crippen LogP contribution in [-0.4, -0.2) is 32.2 Å². The molecule has 1 aliphatic heterocycles. The van der Waals surface area contributed by atoms with E-state index in [1.165, 1.54) is 7.11 Å². The van der Waals surface area contributed by atoms with E-state index in [0.29, 0.717) is 41.5 Å². The SMILES string of the molecule is COC(=O)c1ccc2c(c1)OCCCCOc1ccccc1C(=O)N2. The van der Waals surface area contributed by atoms with Crippen molar-refractivity contribution in [3.05, 3.63) is 53.6 Å². The van der Waals surface area contributed by atoms with E-state index in [-0.39, 0.29) is 5.91 Å². The number of rotatable bonds is 1. The monoisotopic (exact) mass is 341 g/mol. The summed E-state index contributed by atoms with van der Waals surface area (Å²) in [5.41, 5.74) is 1.31. The highest BCUT2D eigenvalue weighted by atomic mass is 16.5. The van der Waals surface area contributed by atoms with Gasteiger partial charge in [0.25, 0.3) is 5.91 Å². The van der Waals surface area contributed by atoms with Crippen LogP contribution < -0.4 is 14.8 Å². The molecule has 0 atom stereocenters. The summed E-state index contributed by atoms with van der Waals surface area (Å²) >= 11 is 0. The van der Waals surface area contributed by atoms with Crippen LogP contribution in [0.3, 0.4) is 0 Å². The maximum absolute atomic E-state index is 12.6. The second-order valence-corrected chi connectivity index (χ2v) is 5.56. The zero-order chi connectivity index (χ0) is 17.6. The maximum Gasteiger partial charge on any atom is 0.337 e. The minimum atomic E-state index is -0.456. The van der Waals surface area contributed by atoms with Gasteiger partial charge in [-0.25, -0.2) is 4.79 Å². The van der Waals surface area contributed by atoms with Crippen molar-refractivity contribution in [2.45, 2.75) is 12.8 Å². The van der Waals surface area contributed by atoms with Crippen molar-refractivity contribution in [1.29, 1.82) is 0 Å². The normalized spacial score (nSPS) is 14.4. The lowest BCUT2D eigenvalue weighted by molar-refractivity contribution is 0.0600. The topological polar surface area (TPSA) is 73.9 Å². The van der Waals surface area contributed by atoms with Crippen molar-refractivity contribution in [3.8, 4) is 11.5 Å². The minimum Gasteiger partial charge on any atom is -0.493 e. The van der Waals surface area contributed by atoms with Crippen molar-refractivity contribution in [1.82, 2.24) is 0 Å². The van der Waals surface area contributed by atoms with E-state index >= 15 is 0 Å². The number of carbonyl (C=O) groups is 2. The van der Waals surface area contributed by atoms with E-state index in [1.54, 1.807) is 36.4 Å². The molecular formula is C19H19NO5. The third kappa shape index (κ3) is 3.91. The van der Waals surface area contributed by atoms with Crippen molar-refractivity contribution in [2.24, 2.45) is 0 Å². The van der Waals surface area contributed by atoms with Crippen LogP contribution in [0.1, 0.15) is 33.6 Å². The van der Waals surface area contributed by atoms with Crippen molar-refractivity contribution >= 4 is 17.6 Å². The average Bonchev–Trinajstić information content (AvgIpc) is 2.64. The summed E-state index contributed by atoms with van der Waals surface area (Å²) in [6, 6.07) is 11.9. The van der Waals surface area contributed by atoms with Crippen molar-refractivity contribution in [3.63, 3.8) is 0 Å². The van der Waals surface area contributed by atoms with Gasteiger partial charge in [-0.1, -0.05) is 12.1 Å². The Labute approximate surface area is 145 Å². The van der Waals surface area contributed by atoms with Gasteiger partial charge in [0.05, 0.1) is 37.1 Å². The molecular weight excluding hydrogens is 322 g/mol. The molecule has 1 amide bonds. The number of nitrogens with one attached hydrogen (secondary N) is 1. The molecule has 0 spiro atoms. The van der Waals surface area contributed by atoms with Crippen LogP contribution in [0.5, 0.6) is 11.5 Å². The zero-order valence-electron chi connectivity index (χ0n) is 13.9. The summed E-state index contributed by atoms with van der Waals surface area (Å²) in [6.07, 6.45) is 1.58. The van der Waals surface area contributed by atoms with Crippen LogP contribution in [0.25, 0.3) is 0 Å². The smallest absolute Gasteiger partial charge is 0.337 e. The Hall–Kier alpha value is -3.02. The molecule has 0 fully saturated rings. The van der Waals surface area contributed by atoms with Gasteiger partial charge in [-0.05, 0) is 43.2 Å². The summed E-state index contributed by atoms with van der Waals surface area (Å²) in [5, 5.41) is 2.82. The first-order valence-electron chi connectivity index (χ1n) is 8.07. The summed E-state index contributed by atoms with van der Waals surface area (Å²) < 4.78 is 16.2. The third-order valence-electron chi connectivity index (χ3n) is 3.84. The predicted molar refractivity (Wildman–Crippen MR) is 92.4 cm³/mol. The molecule has 1 aliphatic rings. The first-order chi connectivity index (χ1) is 12.2. The number of anilines is 1. The van der Waals surface area contributed by atoms with E-state index in [4.69, 9.17) is 14.2 Å². The van der Waals surface area contributed by atoms with Gasteiger partial charge in [0.2, 0.25) is 0 Å². The predicted octanol–water partition coefficient (Wildman–Crippen LogP) is 3.28. The Morgan fingerprint density at radius 3 is 2.52 bits per heavy atom. The lowest BCUT2D eigenvalue weighted by Gasteiger charge is -2.17. The Balaban J connectivity index is 1.96. The molecule has 2 aromatic carbocycles. The van der Waals surface area contributed by atoms with Crippen molar-refractivity contribution in [2.75, 3.05) is 25.6 Å². The third-order valence-corrected chi connectivity index (χ3v) is 3.84. The lowest BCUT2D eigenvalue weighted by atomic mass is 10.1. The summed E-state index contributed by atoms with van der Waals surface area (Å²) in [4.78, 5) is 24.3. The van der Waals surface area contributed by atoms with E-state index in [0.717, 1.165) is 12.8 Å². The molecule has 6 nitrogen and oxygen atoms in total. The van der Waals surface area contributed by atoms with Gasteiger partial charge >= 0.3 is 5.97 Å².